The molecule has 9 heteroatoms. The second kappa shape index (κ2) is 13.1. The second-order valence-corrected chi connectivity index (χ2v) is 8.43. The van der Waals surface area contributed by atoms with E-state index in [9.17, 15) is 4.79 Å². The van der Waals surface area contributed by atoms with Gasteiger partial charge < -0.3 is 30.2 Å². The average Bonchev–Trinajstić information content (AvgIpc) is 3.65. The molecule has 3 aliphatic rings. The fraction of sp³-hybridized carbons (Fsp3) is 0.652. The summed E-state index contributed by atoms with van der Waals surface area (Å²) in [6.07, 6.45) is 6.40. The van der Waals surface area contributed by atoms with Crippen molar-refractivity contribution in [3.05, 3.63) is 18.2 Å². The van der Waals surface area contributed by atoms with E-state index in [2.05, 4.69) is 20.9 Å². The van der Waals surface area contributed by atoms with E-state index in [1.165, 1.54) is 12.8 Å². The van der Waals surface area contributed by atoms with Crippen LogP contribution in [-0.4, -0.2) is 57.9 Å². The van der Waals surface area contributed by atoms with Gasteiger partial charge in [-0.05, 0) is 50.2 Å². The summed E-state index contributed by atoms with van der Waals surface area (Å²) >= 11 is 0. The largest absolute Gasteiger partial charge is 0.490 e. The molecular formula is C23H35IN4O4. The minimum absolute atomic E-state index is 0. The van der Waals surface area contributed by atoms with Gasteiger partial charge in [0, 0.05) is 56.9 Å². The molecule has 1 aliphatic heterocycles. The summed E-state index contributed by atoms with van der Waals surface area (Å²) in [5.41, 5.74) is 0.877. The Kier molecular flexibility index (Phi) is 10.2. The molecule has 1 aromatic carbocycles. The Balaban J connectivity index is 0.00000289. The van der Waals surface area contributed by atoms with Gasteiger partial charge in [0.05, 0.1) is 13.2 Å². The molecular weight excluding hydrogens is 523 g/mol. The molecule has 4 rings (SSSR count). The number of anilines is 1. The maximum absolute atomic E-state index is 11.8. The van der Waals surface area contributed by atoms with Crippen molar-refractivity contribution >= 4 is 41.5 Å². The topological polar surface area (TPSA) is 93.2 Å². The standard InChI is InChI=1S/C23H34N4O4.HI/c28-22(18-5-6-18)24-10-11-26-23(25-9-1-12-29-16-17-3-4-17)27-19-7-8-20-21(15-19)31-14-2-13-30-20;/h7-8,15,17-18H,1-6,9-14,16H2,(H,24,28)(H2,25,26,27);1H. The van der Waals surface area contributed by atoms with E-state index in [4.69, 9.17) is 14.2 Å². The van der Waals surface area contributed by atoms with Crippen molar-refractivity contribution in [2.24, 2.45) is 16.8 Å². The molecule has 2 fully saturated rings. The van der Waals surface area contributed by atoms with Gasteiger partial charge in [-0.3, -0.25) is 9.79 Å². The number of ether oxygens (including phenoxy) is 3. The Labute approximate surface area is 207 Å². The number of carbonyl (C=O) groups is 1. The number of rotatable bonds is 11. The maximum atomic E-state index is 11.8. The fourth-order valence-corrected chi connectivity index (χ4v) is 3.27. The lowest BCUT2D eigenvalue weighted by Crippen LogP contribution is -2.38. The number of guanidine groups is 1. The molecule has 32 heavy (non-hydrogen) atoms. The molecule has 2 aliphatic carbocycles. The summed E-state index contributed by atoms with van der Waals surface area (Å²) in [5, 5.41) is 9.62. The summed E-state index contributed by atoms with van der Waals surface area (Å²) in [5.74, 6) is 3.36. The first-order valence-electron chi connectivity index (χ1n) is 11.6. The SMILES string of the molecule is I.O=C(NCCNC(=NCCCOCC1CC1)Nc1ccc2c(c1)OCCCO2)C1CC1. The van der Waals surface area contributed by atoms with E-state index in [1.54, 1.807) is 0 Å². The highest BCUT2D eigenvalue weighted by Gasteiger charge is 2.29. The molecule has 0 atom stereocenters. The van der Waals surface area contributed by atoms with Crippen molar-refractivity contribution in [1.29, 1.82) is 0 Å². The number of nitrogens with one attached hydrogen (secondary N) is 3. The van der Waals surface area contributed by atoms with E-state index in [0.29, 0.717) is 38.8 Å². The van der Waals surface area contributed by atoms with Gasteiger partial charge in [0.25, 0.3) is 0 Å². The monoisotopic (exact) mass is 558 g/mol. The van der Waals surface area contributed by atoms with Crippen LogP contribution in [0.15, 0.2) is 23.2 Å². The molecule has 1 amide bonds. The highest BCUT2D eigenvalue weighted by molar-refractivity contribution is 14.0. The van der Waals surface area contributed by atoms with Crippen molar-refractivity contribution < 1.29 is 19.0 Å². The van der Waals surface area contributed by atoms with Crippen molar-refractivity contribution in [2.45, 2.75) is 38.5 Å². The number of nitrogens with zero attached hydrogens (tertiary/aromatic N) is 1. The first-order chi connectivity index (χ1) is 15.3. The Hall–Kier alpha value is -1.75. The van der Waals surface area contributed by atoms with E-state index >= 15 is 0 Å². The van der Waals surface area contributed by atoms with Crippen LogP contribution in [0.2, 0.25) is 0 Å². The minimum Gasteiger partial charge on any atom is -0.490 e. The van der Waals surface area contributed by atoms with Crippen molar-refractivity contribution in [3.63, 3.8) is 0 Å². The van der Waals surface area contributed by atoms with Crippen LogP contribution in [0.1, 0.15) is 38.5 Å². The number of benzene rings is 1. The molecule has 1 heterocycles. The van der Waals surface area contributed by atoms with Gasteiger partial charge in [0.1, 0.15) is 0 Å². The average molecular weight is 558 g/mol. The summed E-state index contributed by atoms with van der Waals surface area (Å²) in [6.45, 7) is 4.77. The van der Waals surface area contributed by atoms with Gasteiger partial charge >= 0.3 is 0 Å². The smallest absolute Gasteiger partial charge is 0.223 e. The van der Waals surface area contributed by atoms with Gasteiger partial charge in [0.2, 0.25) is 5.91 Å². The molecule has 8 nitrogen and oxygen atoms in total. The Bertz CT molecular complexity index is 768. The molecule has 0 saturated heterocycles. The van der Waals surface area contributed by atoms with Crippen LogP contribution in [0.4, 0.5) is 5.69 Å². The van der Waals surface area contributed by atoms with Crippen LogP contribution in [-0.2, 0) is 9.53 Å². The molecule has 0 unspecified atom stereocenters. The predicted molar refractivity (Wildman–Crippen MR) is 135 cm³/mol. The molecule has 3 N–H and O–H groups in total. The number of fused-ring (bicyclic) bond motifs is 1. The minimum atomic E-state index is 0. The van der Waals surface area contributed by atoms with Gasteiger partial charge in [-0.2, -0.15) is 0 Å². The first-order valence-corrected chi connectivity index (χ1v) is 11.6. The highest BCUT2D eigenvalue weighted by atomic mass is 127. The van der Waals surface area contributed by atoms with Crippen LogP contribution < -0.4 is 25.4 Å². The molecule has 0 bridgehead atoms. The predicted octanol–water partition coefficient (Wildman–Crippen LogP) is 3.17. The number of hydrogen-bond donors (Lipinski definition) is 3. The van der Waals surface area contributed by atoms with Crippen molar-refractivity contribution in [1.82, 2.24) is 10.6 Å². The maximum Gasteiger partial charge on any atom is 0.223 e. The van der Waals surface area contributed by atoms with Crippen LogP contribution >= 0.6 is 24.0 Å². The lowest BCUT2D eigenvalue weighted by atomic mass is 10.2. The summed E-state index contributed by atoms with van der Waals surface area (Å²) in [7, 11) is 0. The molecule has 0 spiro atoms. The highest BCUT2D eigenvalue weighted by Crippen LogP contribution is 2.32. The Morgan fingerprint density at radius 2 is 1.84 bits per heavy atom. The first kappa shape index (κ1) is 24.9. The Morgan fingerprint density at radius 1 is 1.06 bits per heavy atom. The van der Waals surface area contributed by atoms with E-state index in [0.717, 1.165) is 62.0 Å². The van der Waals surface area contributed by atoms with Crippen LogP contribution in [0, 0.1) is 11.8 Å². The number of halogens is 1. The third-order valence-corrected chi connectivity index (χ3v) is 5.44. The van der Waals surface area contributed by atoms with Crippen molar-refractivity contribution in [2.75, 3.05) is 51.4 Å². The third-order valence-electron chi connectivity index (χ3n) is 5.44. The van der Waals surface area contributed by atoms with Gasteiger partial charge in [-0.1, -0.05) is 0 Å². The summed E-state index contributed by atoms with van der Waals surface area (Å²) in [4.78, 5) is 16.5. The zero-order chi connectivity index (χ0) is 21.3. The van der Waals surface area contributed by atoms with Gasteiger partial charge in [-0.25, -0.2) is 0 Å². The summed E-state index contributed by atoms with van der Waals surface area (Å²) in [6, 6.07) is 5.81. The van der Waals surface area contributed by atoms with E-state index < -0.39 is 0 Å². The fourth-order valence-electron chi connectivity index (χ4n) is 3.27. The molecule has 0 aromatic heterocycles. The zero-order valence-corrected chi connectivity index (χ0v) is 20.9. The molecule has 178 valence electrons. The number of hydrogen-bond acceptors (Lipinski definition) is 5. The van der Waals surface area contributed by atoms with E-state index in [-0.39, 0.29) is 35.8 Å². The third kappa shape index (κ3) is 8.65. The molecule has 1 aromatic rings. The van der Waals surface area contributed by atoms with Crippen molar-refractivity contribution in [3.8, 4) is 11.5 Å². The van der Waals surface area contributed by atoms with E-state index in [1.807, 2.05) is 18.2 Å². The molecule has 2 saturated carbocycles. The van der Waals surface area contributed by atoms with Gasteiger partial charge in [-0.15, -0.1) is 24.0 Å². The van der Waals surface area contributed by atoms with Crippen LogP contribution in [0.25, 0.3) is 0 Å². The molecule has 0 radical (unpaired) electrons. The number of amides is 1. The second-order valence-electron chi connectivity index (χ2n) is 8.43. The quantitative estimate of drug-likeness (QED) is 0.167. The van der Waals surface area contributed by atoms with Gasteiger partial charge in [0.15, 0.2) is 17.5 Å². The lowest BCUT2D eigenvalue weighted by Gasteiger charge is -2.15. The van der Waals surface area contributed by atoms with Crippen LogP contribution in [0.5, 0.6) is 11.5 Å². The van der Waals surface area contributed by atoms with Crippen LogP contribution in [0.3, 0.4) is 0 Å². The summed E-state index contributed by atoms with van der Waals surface area (Å²) < 4.78 is 17.2. The zero-order valence-electron chi connectivity index (χ0n) is 18.6. The number of aliphatic imine (C=N–C) groups is 1. The Morgan fingerprint density at radius 3 is 2.62 bits per heavy atom. The number of carbonyl (C=O) groups excluding carboxylic acids is 1. The normalized spacial score (nSPS) is 17.7. The lowest BCUT2D eigenvalue weighted by molar-refractivity contribution is -0.122.